The molecule has 5 heterocycles. The Morgan fingerprint density at radius 1 is 1.09 bits per heavy atom. The maximum atomic E-state index is 16.6. The van der Waals surface area contributed by atoms with Crippen LogP contribution in [0, 0.1) is 18.6 Å². The van der Waals surface area contributed by atoms with Crippen LogP contribution < -0.4 is 25.4 Å². The lowest BCUT2D eigenvalue weighted by atomic mass is 9.96. The Morgan fingerprint density at radius 2 is 1.86 bits per heavy atom. The highest BCUT2D eigenvalue weighted by atomic mass is 19.4. The molecule has 224 valence electrons. The van der Waals surface area contributed by atoms with Gasteiger partial charge in [-0.25, -0.2) is 13.8 Å². The molecule has 0 unspecified atom stereocenters. The van der Waals surface area contributed by atoms with Crippen LogP contribution in [0.4, 0.5) is 33.5 Å². The Balaban J connectivity index is 1.48. The first-order valence-electron chi connectivity index (χ1n) is 13.9. The van der Waals surface area contributed by atoms with Crippen molar-refractivity contribution in [1.82, 2.24) is 20.3 Å². The first-order chi connectivity index (χ1) is 20.5. The summed E-state index contributed by atoms with van der Waals surface area (Å²) >= 11 is 0. The second-order valence-corrected chi connectivity index (χ2v) is 11.2. The Labute approximate surface area is 243 Å². The molecule has 2 aromatic carbocycles. The van der Waals surface area contributed by atoms with Gasteiger partial charge in [0.1, 0.15) is 40.9 Å². The minimum atomic E-state index is -5.04. The molecule has 4 atom stereocenters. The van der Waals surface area contributed by atoms with Crippen LogP contribution in [-0.4, -0.2) is 45.7 Å². The fourth-order valence-corrected chi connectivity index (χ4v) is 6.63. The molecule has 0 spiro atoms. The molecule has 2 aromatic heterocycles. The molecule has 0 amide bonds. The number of hydrogen-bond donors (Lipinski definition) is 2. The van der Waals surface area contributed by atoms with Crippen LogP contribution in [0.1, 0.15) is 36.5 Å². The highest BCUT2D eigenvalue weighted by Crippen LogP contribution is 2.47. The molecule has 0 aliphatic carbocycles. The Kier molecular flexibility index (Phi) is 6.35. The summed E-state index contributed by atoms with van der Waals surface area (Å²) in [7, 11) is 0. The monoisotopic (exact) mass is 598 g/mol. The molecule has 43 heavy (non-hydrogen) atoms. The van der Waals surface area contributed by atoms with Crippen LogP contribution in [-0.2, 0) is 12.8 Å². The topological polar surface area (TPSA) is 98.4 Å². The van der Waals surface area contributed by atoms with Gasteiger partial charge in [0.15, 0.2) is 5.82 Å². The number of fused-ring (bicyclic) bond motifs is 5. The largest absolute Gasteiger partial charge is 0.472 e. The van der Waals surface area contributed by atoms with E-state index in [-0.39, 0.29) is 47.5 Å². The van der Waals surface area contributed by atoms with E-state index < -0.39 is 52.0 Å². The number of aromatic nitrogens is 3. The average Bonchev–Trinajstić information content (AvgIpc) is 3.29. The fraction of sp³-hybridized carbons (Fsp3) is 0.367. The second kappa shape index (κ2) is 9.90. The summed E-state index contributed by atoms with van der Waals surface area (Å²) in [4.78, 5) is 15.4. The van der Waals surface area contributed by atoms with Crippen molar-refractivity contribution in [3.63, 3.8) is 0 Å². The van der Waals surface area contributed by atoms with E-state index in [9.17, 15) is 17.6 Å². The number of piperazine rings is 1. The number of halogens is 5. The number of pyridine rings is 1. The van der Waals surface area contributed by atoms with Crippen molar-refractivity contribution in [2.24, 2.45) is 0 Å². The molecule has 0 radical (unpaired) electrons. The lowest BCUT2D eigenvalue weighted by Gasteiger charge is -2.42. The number of hydrogen-bond acceptors (Lipinski definition) is 8. The molecule has 8 nitrogen and oxygen atoms in total. The van der Waals surface area contributed by atoms with Gasteiger partial charge < -0.3 is 25.4 Å². The molecule has 0 saturated carbocycles. The lowest BCUT2D eigenvalue weighted by molar-refractivity contribution is -0.137. The molecule has 2 bridgehead atoms. The molecule has 4 aromatic rings. The number of nitrogens with one attached hydrogen (secondary N) is 1. The average molecular weight is 599 g/mol. The number of benzene rings is 2. The first-order valence-corrected chi connectivity index (χ1v) is 13.9. The van der Waals surface area contributed by atoms with Crippen molar-refractivity contribution in [3.05, 3.63) is 64.7 Å². The Bertz CT molecular complexity index is 1750. The van der Waals surface area contributed by atoms with Gasteiger partial charge in [0.2, 0.25) is 5.88 Å². The molecule has 2 saturated heterocycles. The van der Waals surface area contributed by atoms with E-state index in [4.69, 9.17) is 20.2 Å². The van der Waals surface area contributed by atoms with Crippen LogP contribution in [0.25, 0.3) is 22.2 Å². The van der Waals surface area contributed by atoms with E-state index in [1.807, 2.05) is 42.2 Å². The SMILES string of the molecule is Cc1c(F)c(N)cc(-c2nc3c4c(nc(OCc5ccccc5)nc4c2F)N2C[C@H]4CC[C@H](N4)[C@H]2[C@H](C)O3)c1C(F)(F)F. The quantitative estimate of drug-likeness (QED) is 0.233. The van der Waals surface area contributed by atoms with E-state index in [1.165, 1.54) is 0 Å². The summed E-state index contributed by atoms with van der Waals surface area (Å²) in [6.45, 7) is 3.41. The number of nitrogen functional groups attached to an aromatic ring is 1. The van der Waals surface area contributed by atoms with Gasteiger partial charge >= 0.3 is 12.2 Å². The molecule has 3 aliphatic heterocycles. The normalized spacial score (nSPS) is 22.7. The van der Waals surface area contributed by atoms with Gasteiger partial charge in [-0.2, -0.15) is 23.1 Å². The number of rotatable bonds is 4. The third kappa shape index (κ3) is 4.48. The van der Waals surface area contributed by atoms with Crippen LogP contribution in [0.2, 0.25) is 0 Å². The van der Waals surface area contributed by atoms with E-state index >= 15 is 4.39 Å². The molecular formula is C30H27F5N6O2. The summed E-state index contributed by atoms with van der Waals surface area (Å²) in [5.41, 5.74) is 2.08. The summed E-state index contributed by atoms with van der Waals surface area (Å²) in [6.07, 6.45) is -3.71. The highest BCUT2D eigenvalue weighted by molar-refractivity contribution is 5.97. The van der Waals surface area contributed by atoms with Crippen LogP contribution in [0.15, 0.2) is 36.4 Å². The number of ether oxygens (including phenoxy) is 2. The number of alkyl halides is 3. The number of anilines is 2. The van der Waals surface area contributed by atoms with Crippen molar-refractivity contribution in [3.8, 4) is 23.1 Å². The zero-order chi connectivity index (χ0) is 30.2. The third-order valence-corrected chi connectivity index (χ3v) is 8.50. The zero-order valence-corrected chi connectivity index (χ0v) is 23.2. The van der Waals surface area contributed by atoms with E-state index in [0.29, 0.717) is 12.4 Å². The standard InChI is InChI=1S/C30H27F5N6O2/c1-13-21(30(33,34)35)17(10-18(36)22(13)31)24-23(32)25-20-27(40-29(39-25)42-12-15-6-4-3-5-7-15)41-11-16-8-9-19(37-16)26(41)14(2)43-28(20)38-24/h3-7,10,14,16,19,26,37H,8-9,11-12,36H2,1-2H3/t14-,16+,19-,26+/m0/s1. The third-order valence-electron chi connectivity index (χ3n) is 8.50. The fourth-order valence-electron chi connectivity index (χ4n) is 6.63. The Morgan fingerprint density at radius 3 is 2.60 bits per heavy atom. The van der Waals surface area contributed by atoms with Gasteiger partial charge in [-0.1, -0.05) is 30.3 Å². The minimum absolute atomic E-state index is 0.0439. The van der Waals surface area contributed by atoms with Crippen LogP contribution >= 0.6 is 0 Å². The van der Waals surface area contributed by atoms with Gasteiger partial charge in [0, 0.05) is 24.2 Å². The molecule has 13 heteroatoms. The van der Waals surface area contributed by atoms with Crippen LogP contribution in [0.3, 0.4) is 0 Å². The number of nitrogens with zero attached hydrogens (tertiary/aromatic N) is 4. The van der Waals surface area contributed by atoms with Gasteiger partial charge in [-0.05, 0) is 43.9 Å². The van der Waals surface area contributed by atoms with Crippen molar-refractivity contribution in [2.45, 2.75) is 63.7 Å². The van der Waals surface area contributed by atoms with Crippen molar-refractivity contribution in [2.75, 3.05) is 17.2 Å². The molecule has 3 N–H and O–H groups in total. The van der Waals surface area contributed by atoms with Gasteiger partial charge in [-0.3, -0.25) is 0 Å². The van der Waals surface area contributed by atoms with Crippen LogP contribution in [0.5, 0.6) is 11.9 Å². The molecule has 3 aliphatic rings. The summed E-state index contributed by atoms with van der Waals surface area (Å²) in [6, 6.07) is 9.80. The molecule has 2 fully saturated rings. The van der Waals surface area contributed by atoms with Gasteiger partial charge in [-0.15, -0.1) is 0 Å². The summed E-state index contributed by atoms with van der Waals surface area (Å²) < 4.78 is 86.3. The predicted octanol–water partition coefficient (Wildman–Crippen LogP) is 5.55. The number of nitrogens with two attached hydrogens (primary N) is 1. The van der Waals surface area contributed by atoms with Crippen molar-refractivity contribution in [1.29, 1.82) is 0 Å². The minimum Gasteiger partial charge on any atom is -0.472 e. The maximum absolute atomic E-state index is 16.6. The van der Waals surface area contributed by atoms with Crippen molar-refractivity contribution < 1.29 is 31.4 Å². The van der Waals surface area contributed by atoms with Crippen molar-refractivity contribution >= 4 is 22.4 Å². The van der Waals surface area contributed by atoms with Gasteiger partial charge in [0.25, 0.3) is 0 Å². The summed E-state index contributed by atoms with van der Waals surface area (Å²) in [5.74, 6) is -2.18. The Hall–Kier alpha value is -4.26. The molecule has 7 rings (SSSR count). The smallest absolute Gasteiger partial charge is 0.417 e. The second-order valence-electron chi connectivity index (χ2n) is 11.2. The predicted molar refractivity (Wildman–Crippen MR) is 149 cm³/mol. The van der Waals surface area contributed by atoms with Gasteiger partial charge in [0.05, 0.1) is 17.3 Å². The van der Waals surface area contributed by atoms with E-state index in [1.54, 1.807) is 0 Å². The summed E-state index contributed by atoms with van der Waals surface area (Å²) in [5, 5.41) is 3.72. The first kappa shape index (κ1) is 27.6. The maximum Gasteiger partial charge on any atom is 0.417 e. The molecular weight excluding hydrogens is 571 g/mol. The van der Waals surface area contributed by atoms with E-state index in [2.05, 4.69) is 15.3 Å². The lowest BCUT2D eigenvalue weighted by Crippen LogP contribution is -2.62. The highest BCUT2D eigenvalue weighted by Gasteiger charge is 2.47. The zero-order valence-electron chi connectivity index (χ0n) is 23.2. The van der Waals surface area contributed by atoms with E-state index in [0.717, 1.165) is 31.4 Å².